The summed E-state index contributed by atoms with van der Waals surface area (Å²) in [6.45, 7) is 1.78. The maximum absolute atomic E-state index is 10.3. The van der Waals surface area contributed by atoms with Crippen LogP contribution in [0.25, 0.3) is 0 Å². The Labute approximate surface area is 80.0 Å². The highest BCUT2D eigenvalue weighted by Gasteiger charge is 2.14. The normalized spacial score (nSPS) is 11.4. The predicted molar refractivity (Wildman–Crippen MR) is 48.9 cm³/mol. The number of nitrogens with zero attached hydrogens (tertiary/aromatic N) is 3. The Morgan fingerprint density at radius 2 is 2.43 bits per heavy atom. The summed E-state index contributed by atoms with van der Waals surface area (Å²) in [5.74, 6) is -0.511. The van der Waals surface area contributed by atoms with E-state index in [2.05, 4.69) is 10.1 Å². The minimum absolute atomic E-state index is 0.0782. The van der Waals surface area contributed by atoms with Crippen molar-refractivity contribution < 1.29 is 10.1 Å². The van der Waals surface area contributed by atoms with Crippen molar-refractivity contribution in [1.29, 1.82) is 0 Å². The highest BCUT2D eigenvalue weighted by molar-refractivity contribution is 5.75. The molecule has 1 rings (SSSR count). The summed E-state index contributed by atoms with van der Waals surface area (Å²) in [4.78, 5) is 13.6. The van der Waals surface area contributed by atoms with E-state index >= 15 is 0 Å². The van der Waals surface area contributed by atoms with Crippen molar-refractivity contribution in [3.63, 3.8) is 0 Å². The van der Waals surface area contributed by atoms with Crippen molar-refractivity contribution >= 4 is 5.84 Å². The third kappa shape index (κ3) is 2.51. The van der Waals surface area contributed by atoms with Gasteiger partial charge in [0.15, 0.2) is 5.16 Å². The SMILES string of the molecule is Cc1cccc(C/C(=N\O)[N+](=O)[O-])n1. The summed E-state index contributed by atoms with van der Waals surface area (Å²) >= 11 is 0. The highest BCUT2D eigenvalue weighted by Crippen LogP contribution is 2.00. The zero-order valence-corrected chi connectivity index (χ0v) is 7.54. The van der Waals surface area contributed by atoms with E-state index in [1.54, 1.807) is 25.1 Å². The Balaban J connectivity index is 2.83. The summed E-state index contributed by atoms with van der Waals surface area (Å²) < 4.78 is 0. The van der Waals surface area contributed by atoms with Gasteiger partial charge in [0.05, 0.1) is 5.69 Å². The molecule has 0 bridgehead atoms. The van der Waals surface area contributed by atoms with E-state index in [0.717, 1.165) is 5.69 Å². The van der Waals surface area contributed by atoms with E-state index in [-0.39, 0.29) is 6.42 Å². The molecule has 0 aromatic carbocycles. The summed E-state index contributed by atoms with van der Waals surface area (Å²) in [7, 11) is 0. The zero-order valence-electron chi connectivity index (χ0n) is 7.54. The molecule has 0 fully saturated rings. The van der Waals surface area contributed by atoms with Crippen molar-refractivity contribution in [1.82, 2.24) is 4.98 Å². The van der Waals surface area contributed by atoms with E-state index in [4.69, 9.17) is 5.21 Å². The quantitative estimate of drug-likeness (QED) is 0.250. The van der Waals surface area contributed by atoms with E-state index in [9.17, 15) is 10.1 Å². The van der Waals surface area contributed by atoms with Gasteiger partial charge in [0, 0.05) is 5.69 Å². The Bertz CT molecular complexity index is 376. The lowest BCUT2D eigenvalue weighted by molar-refractivity contribution is -0.355. The van der Waals surface area contributed by atoms with Gasteiger partial charge in [0.2, 0.25) is 0 Å². The Morgan fingerprint density at radius 1 is 1.71 bits per heavy atom. The van der Waals surface area contributed by atoms with Gasteiger partial charge in [-0.25, -0.2) is 0 Å². The van der Waals surface area contributed by atoms with Gasteiger partial charge in [0.25, 0.3) is 0 Å². The maximum Gasteiger partial charge on any atom is 0.391 e. The number of hydrogen-bond donors (Lipinski definition) is 1. The standard InChI is InChI=1S/C8H9N3O3/c1-6-3-2-4-7(9-6)5-8(10-12)11(13)14/h2-4,12H,5H2,1H3/b10-8+. The van der Waals surface area contributed by atoms with Gasteiger partial charge >= 0.3 is 5.84 Å². The molecule has 0 saturated carbocycles. The fourth-order valence-corrected chi connectivity index (χ4v) is 0.996. The number of pyridine rings is 1. The first-order chi connectivity index (χ1) is 6.63. The van der Waals surface area contributed by atoms with Crippen LogP contribution in [-0.4, -0.2) is 21.0 Å². The lowest BCUT2D eigenvalue weighted by Gasteiger charge is -1.98. The summed E-state index contributed by atoms with van der Waals surface area (Å²) in [6.07, 6.45) is -0.0782. The molecular formula is C8H9N3O3. The minimum atomic E-state index is -0.732. The summed E-state index contributed by atoms with van der Waals surface area (Å²) in [5, 5.41) is 21.2. The van der Waals surface area contributed by atoms with E-state index in [0.29, 0.717) is 5.69 Å². The molecule has 1 aromatic rings. The van der Waals surface area contributed by atoms with Crippen molar-refractivity contribution in [3.05, 3.63) is 39.7 Å². The molecule has 6 nitrogen and oxygen atoms in total. The number of rotatable bonds is 2. The molecule has 0 saturated heterocycles. The smallest absolute Gasteiger partial charge is 0.358 e. The first kappa shape index (κ1) is 10.1. The van der Waals surface area contributed by atoms with Gasteiger partial charge in [-0.05, 0) is 24.0 Å². The van der Waals surface area contributed by atoms with Gasteiger partial charge in [-0.15, -0.1) is 0 Å². The number of aryl methyl sites for hydroxylation is 1. The third-order valence-corrected chi connectivity index (χ3v) is 1.61. The summed E-state index contributed by atoms with van der Waals surface area (Å²) in [6, 6.07) is 5.17. The molecule has 1 aromatic heterocycles. The van der Waals surface area contributed by atoms with Crippen LogP contribution in [0.3, 0.4) is 0 Å². The van der Waals surface area contributed by atoms with E-state index in [1.807, 2.05) is 0 Å². The fourth-order valence-electron chi connectivity index (χ4n) is 0.996. The molecule has 0 radical (unpaired) electrons. The second kappa shape index (κ2) is 4.31. The fraction of sp³-hybridized carbons (Fsp3) is 0.250. The average molecular weight is 195 g/mol. The molecule has 0 spiro atoms. The molecule has 0 aliphatic rings. The van der Waals surface area contributed by atoms with Crippen molar-refractivity contribution in [2.75, 3.05) is 0 Å². The van der Waals surface area contributed by atoms with Gasteiger partial charge in [-0.3, -0.25) is 4.98 Å². The Kier molecular flexibility index (Phi) is 3.11. The number of nitro groups is 1. The second-order valence-corrected chi connectivity index (χ2v) is 2.72. The molecule has 0 amide bonds. The largest absolute Gasteiger partial charge is 0.391 e. The molecule has 14 heavy (non-hydrogen) atoms. The number of oxime groups is 1. The Hall–Kier alpha value is -1.98. The first-order valence-electron chi connectivity index (χ1n) is 3.91. The molecule has 1 heterocycles. The average Bonchev–Trinajstić information content (AvgIpc) is 2.14. The van der Waals surface area contributed by atoms with Gasteiger partial charge in [0.1, 0.15) is 6.42 Å². The van der Waals surface area contributed by atoms with Crippen LogP contribution in [0.5, 0.6) is 0 Å². The lowest BCUT2D eigenvalue weighted by atomic mass is 10.2. The van der Waals surface area contributed by atoms with Crippen LogP contribution in [0.1, 0.15) is 11.4 Å². The van der Waals surface area contributed by atoms with Gasteiger partial charge in [-0.2, -0.15) is 0 Å². The zero-order chi connectivity index (χ0) is 10.6. The Morgan fingerprint density at radius 3 is 2.93 bits per heavy atom. The van der Waals surface area contributed by atoms with Crippen LogP contribution in [0.4, 0.5) is 0 Å². The first-order valence-corrected chi connectivity index (χ1v) is 3.91. The second-order valence-electron chi connectivity index (χ2n) is 2.72. The summed E-state index contributed by atoms with van der Waals surface area (Å²) in [5.41, 5.74) is 1.28. The number of hydrogen-bond acceptors (Lipinski definition) is 5. The predicted octanol–water partition coefficient (Wildman–Crippen LogP) is 0.997. The van der Waals surface area contributed by atoms with Gasteiger partial charge in [-0.1, -0.05) is 6.07 Å². The van der Waals surface area contributed by atoms with Crippen LogP contribution in [0.15, 0.2) is 23.4 Å². The van der Waals surface area contributed by atoms with E-state index in [1.165, 1.54) is 0 Å². The maximum atomic E-state index is 10.3. The molecule has 0 aliphatic carbocycles. The van der Waals surface area contributed by atoms with Crippen LogP contribution >= 0.6 is 0 Å². The molecule has 0 unspecified atom stereocenters. The van der Waals surface area contributed by atoms with Crippen molar-refractivity contribution in [2.45, 2.75) is 13.3 Å². The van der Waals surface area contributed by atoms with Crippen LogP contribution in [-0.2, 0) is 6.42 Å². The van der Waals surface area contributed by atoms with Gasteiger partial charge < -0.3 is 15.3 Å². The van der Waals surface area contributed by atoms with E-state index < -0.39 is 10.8 Å². The number of aromatic nitrogens is 1. The third-order valence-electron chi connectivity index (χ3n) is 1.61. The van der Waals surface area contributed by atoms with Crippen LogP contribution in [0.2, 0.25) is 0 Å². The van der Waals surface area contributed by atoms with Crippen LogP contribution in [0, 0.1) is 17.0 Å². The molecule has 0 atom stereocenters. The number of amidine groups is 1. The van der Waals surface area contributed by atoms with Crippen molar-refractivity contribution in [2.24, 2.45) is 5.16 Å². The van der Waals surface area contributed by atoms with Crippen molar-refractivity contribution in [3.8, 4) is 0 Å². The lowest BCUT2D eigenvalue weighted by Crippen LogP contribution is -2.15. The molecule has 6 heteroatoms. The molecule has 1 N–H and O–H groups in total. The topological polar surface area (TPSA) is 88.6 Å². The molecule has 0 aliphatic heterocycles. The van der Waals surface area contributed by atoms with Crippen LogP contribution < -0.4 is 0 Å². The highest BCUT2D eigenvalue weighted by atomic mass is 16.6. The molecule has 74 valence electrons. The monoisotopic (exact) mass is 195 g/mol. The minimum Gasteiger partial charge on any atom is -0.358 e. The molecular weight excluding hydrogens is 186 g/mol.